The summed E-state index contributed by atoms with van der Waals surface area (Å²) < 4.78 is 22.1. The van der Waals surface area contributed by atoms with Crippen LogP contribution in [0.5, 0.6) is 11.5 Å². The molecule has 31 heavy (non-hydrogen) atoms. The van der Waals surface area contributed by atoms with E-state index in [9.17, 15) is 14.4 Å². The van der Waals surface area contributed by atoms with Crippen LogP contribution in [-0.4, -0.2) is 23.7 Å². The van der Waals surface area contributed by atoms with Crippen molar-refractivity contribution in [2.45, 2.75) is 45.5 Å². The number of fused-ring (bicyclic) bond motifs is 1. The first-order valence-corrected chi connectivity index (χ1v) is 10.1. The summed E-state index contributed by atoms with van der Waals surface area (Å²) in [6.07, 6.45) is 5.55. The summed E-state index contributed by atoms with van der Waals surface area (Å²) in [6.45, 7) is 3.31. The van der Waals surface area contributed by atoms with Gasteiger partial charge in [0.15, 0.2) is 11.5 Å². The van der Waals surface area contributed by atoms with Crippen molar-refractivity contribution in [3.8, 4) is 11.5 Å². The molecule has 0 spiro atoms. The summed E-state index contributed by atoms with van der Waals surface area (Å²) in [7, 11) is 0. The Hall–Kier alpha value is -3.61. The van der Waals surface area contributed by atoms with Crippen LogP contribution in [0, 0.1) is 0 Å². The lowest BCUT2D eigenvalue weighted by atomic mass is 10.0. The van der Waals surface area contributed by atoms with Gasteiger partial charge in [-0.25, -0.2) is 4.79 Å². The lowest BCUT2D eigenvalue weighted by Gasteiger charge is -2.34. The van der Waals surface area contributed by atoms with Gasteiger partial charge < -0.3 is 18.9 Å². The van der Waals surface area contributed by atoms with Gasteiger partial charge in [-0.05, 0) is 37.1 Å². The number of hydrogen-bond donors (Lipinski definition) is 0. The molecule has 1 aliphatic rings. The third-order valence-electron chi connectivity index (χ3n) is 4.52. The second kappa shape index (κ2) is 9.93. The molecule has 0 saturated heterocycles. The zero-order valence-corrected chi connectivity index (χ0v) is 17.5. The monoisotopic (exact) mass is 424 g/mol. The molecule has 1 heterocycles. The van der Waals surface area contributed by atoms with Crippen molar-refractivity contribution in [3.05, 3.63) is 72.0 Å². The largest absolute Gasteiger partial charge is 0.484 e. The number of ether oxygens (including phenoxy) is 4. The molecule has 2 aromatic carbocycles. The molecule has 0 saturated carbocycles. The van der Waals surface area contributed by atoms with Crippen molar-refractivity contribution in [1.82, 2.24) is 0 Å². The molecule has 0 bridgehead atoms. The van der Waals surface area contributed by atoms with Crippen molar-refractivity contribution in [2.75, 3.05) is 0 Å². The average molecular weight is 424 g/mol. The first kappa shape index (κ1) is 22.1. The summed E-state index contributed by atoms with van der Waals surface area (Å²) in [4.78, 5) is 37.2. The van der Waals surface area contributed by atoms with Gasteiger partial charge in [0, 0.05) is 18.9 Å². The van der Waals surface area contributed by atoms with E-state index in [1.54, 1.807) is 48.5 Å². The van der Waals surface area contributed by atoms with Gasteiger partial charge in [-0.1, -0.05) is 43.7 Å². The van der Waals surface area contributed by atoms with Gasteiger partial charge in [-0.2, -0.15) is 0 Å². The van der Waals surface area contributed by atoms with Crippen molar-refractivity contribution < 1.29 is 33.3 Å². The third-order valence-corrected chi connectivity index (χ3v) is 4.52. The molecule has 0 aliphatic carbocycles. The van der Waals surface area contributed by atoms with Crippen LogP contribution in [0.4, 0.5) is 0 Å². The second-order valence-electron chi connectivity index (χ2n) is 6.98. The van der Waals surface area contributed by atoms with E-state index in [0.29, 0.717) is 5.56 Å². The molecule has 7 heteroatoms. The highest BCUT2D eigenvalue weighted by Crippen LogP contribution is 2.40. The smallest absolute Gasteiger partial charge is 0.423 e. The Morgan fingerprint density at radius 1 is 1.13 bits per heavy atom. The van der Waals surface area contributed by atoms with Gasteiger partial charge in [0.25, 0.3) is 5.78 Å². The van der Waals surface area contributed by atoms with Crippen LogP contribution in [0.3, 0.4) is 0 Å². The second-order valence-corrected chi connectivity index (χ2v) is 6.98. The number of ketones is 1. The number of carbonyl (C=O) groups is 3. The normalized spacial score (nSPS) is 17.5. The molecule has 0 amide bonds. The summed E-state index contributed by atoms with van der Waals surface area (Å²) in [5.74, 6) is -4.05. The van der Waals surface area contributed by atoms with Crippen LogP contribution in [0.25, 0.3) is 0 Å². The molecule has 162 valence electrons. The minimum atomic E-state index is -2.33. The van der Waals surface area contributed by atoms with Crippen molar-refractivity contribution in [1.29, 1.82) is 0 Å². The maximum atomic E-state index is 13.0. The molecule has 0 aromatic heterocycles. The fourth-order valence-electron chi connectivity index (χ4n) is 3.00. The average Bonchev–Trinajstić information content (AvgIpc) is 2.75. The highest BCUT2D eigenvalue weighted by Gasteiger charge is 2.52. The molecule has 1 aliphatic heterocycles. The summed E-state index contributed by atoms with van der Waals surface area (Å²) in [5, 5.41) is 0. The fourth-order valence-corrected chi connectivity index (χ4v) is 3.00. The van der Waals surface area contributed by atoms with Crippen LogP contribution in [0.1, 0.15) is 49.0 Å². The van der Waals surface area contributed by atoms with E-state index in [1.165, 1.54) is 19.3 Å². The zero-order valence-electron chi connectivity index (χ0n) is 17.5. The molecule has 1 unspecified atom stereocenters. The van der Waals surface area contributed by atoms with E-state index in [2.05, 4.69) is 6.92 Å². The highest BCUT2D eigenvalue weighted by atomic mass is 16.9. The Labute approximate surface area is 180 Å². The third kappa shape index (κ3) is 5.31. The molecule has 7 nitrogen and oxygen atoms in total. The Bertz CT molecular complexity index is 981. The number of allylic oxidation sites excluding steroid dienone is 1. The number of Topliss-reactive ketones (excluding diaryl/α,β-unsaturated/α-hetero) is 1. The number of carbonyl (C=O) groups excluding carboxylic acids is 3. The molecule has 0 fully saturated rings. The van der Waals surface area contributed by atoms with Crippen molar-refractivity contribution >= 4 is 17.7 Å². The number of rotatable bonds is 8. The van der Waals surface area contributed by atoms with Crippen molar-refractivity contribution in [2.24, 2.45) is 0 Å². The van der Waals surface area contributed by atoms with Gasteiger partial charge in [0.2, 0.25) is 0 Å². The van der Waals surface area contributed by atoms with E-state index < -0.39 is 23.7 Å². The van der Waals surface area contributed by atoms with E-state index in [4.69, 9.17) is 18.9 Å². The Kier molecular flexibility index (Phi) is 7.07. The lowest BCUT2D eigenvalue weighted by Crippen LogP contribution is -2.53. The van der Waals surface area contributed by atoms with Gasteiger partial charge in [0.05, 0.1) is 11.8 Å². The van der Waals surface area contributed by atoms with Crippen LogP contribution in [0.15, 0.2) is 60.9 Å². The molecule has 0 radical (unpaired) electrons. The topological polar surface area (TPSA) is 88.1 Å². The molecule has 3 rings (SSSR count). The van der Waals surface area contributed by atoms with E-state index in [0.717, 1.165) is 19.3 Å². The highest BCUT2D eigenvalue weighted by molar-refractivity contribution is 5.95. The first-order chi connectivity index (χ1) is 14.9. The van der Waals surface area contributed by atoms with Crippen LogP contribution < -0.4 is 9.47 Å². The Morgan fingerprint density at radius 3 is 2.61 bits per heavy atom. The number of unbranched alkanes of at least 4 members (excludes halogenated alkanes) is 2. The Balaban J connectivity index is 1.95. The van der Waals surface area contributed by atoms with E-state index >= 15 is 0 Å². The SMILES string of the molecule is CCCCC=COC1(OC(=O)c2ccccc2)Oc2c(cccc2OC(C)=O)CC1=O. The van der Waals surface area contributed by atoms with Crippen LogP contribution in [0.2, 0.25) is 0 Å². The summed E-state index contributed by atoms with van der Waals surface area (Å²) in [5.41, 5.74) is 0.726. The lowest BCUT2D eigenvalue weighted by molar-refractivity contribution is -0.274. The molecule has 2 aromatic rings. The van der Waals surface area contributed by atoms with Crippen LogP contribution >= 0.6 is 0 Å². The predicted molar refractivity (Wildman–Crippen MR) is 111 cm³/mol. The molecular weight excluding hydrogens is 400 g/mol. The number of hydrogen-bond acceptors (Lipinski definition) is 7. The van der Waals surface area contributed by atoms with Gasteiger partial charge in [-0.3, -0.25) is 9.59 Å². The van der Waals surface area contributed by atoms with Gasteiger partial charge >= 0.3 is 17.9 Å². The first-order valence-electron chi connectivity index (χ1n) is 10.1. The molecule has 0 N–H and O–H groups in total. The summed E-state index contributed by atoms with van der Waals surface area (Å²) >= 11 is 0. The fraction of sp³-hybridized carbons (Fsp3) is 0.292. The molecule has 1 atom stereocenters. The zero-order chi connectivity index (χ0) is 22.3. The van der Waals surface area contributed by atoms with Gasteiger partial charge in [0.1, 0.15) is 0 Å². The maximum absolute atomic E-state index is 13.0. The van der Waals surface area contributed by atoms with E-state index in [-0.39, 0.29) is 23.5 Å². The van der Waals surface area contributed by atoms with E-state index in [1.807, 2.05) is 0 Å². The van der Waals surface area contributed by atoms with Crippen LogP contribution in [-0.2, 0) is 25.5 Å². The number of esters is 2. The van der Waals surface area contributed by atoms with Gasteiger partial charge in [-0.15, -0.1) is 0 Å². The minimum absolute atomic E-state index is 0.108. The summed E-state index contributed by atoms with van der Waals surface area (Å²) in [6, 6.07) is 13.0. The maximum Gasteiger partial charge on any atom is 0.484 e. The number of benzene rings is 2. The quantitative estimate of drug-likeness (QED) is 0.205. The standard InChI is InChI=1S/C24H24O7/c1-3-4-5-9-15-28-24(31-23(27)18-11-7-6-8-12-18)21(26)16-19-13-10-14-20(22(19)30-24)29-17(2)25/h6-15H,3-5,16H2,1-2H3. The molecular formula is C24H24O7. The van der Waals surface area contributed by atoms with Crippen molar-refractivity contribution in [3.63, 3.8) is 0 Å². The minimum Gasteiger partial charge on any atom is -0.423 e. The predicted octanol–water partition coefficient (Wildman–Crippen LogP) is 4.35. The Morgan fingerprint density at radius 2 is 1.90 bits per heavy atom. The number of para-hydroxylation sites is 1.